The molecule has 68 valence electrons. The zero-order valence-corrected chi connectivity index (χ0v) is 6.11. The van der Waals surface area contributed by atoms with Crippen LogP contribution in [0.1, 0.15) is 6.92 Å². The van der Waals surface area contributed by atoms with Gasteiger partial charge in [0.1, 0.15) is 6.10 Å². The molecule has 1 aliphatic rings. The molecule has 0 radical (unpaired) electrons. The topological polar surface area (TPSA) is 87.0 Å². The molecule has 1 aliphatic heterocycles. The Labute approximate surface area is 66.7 Å². The summed E-state index contributed by atoms with van der Waals surface area (Å²) in [4.78, 5) is 10.5. The number of hydrogen-bond donors (Lipinski definition) is 3. The summed E-state index contributed by atoms with van der Waals surface area (Å²) in [5.74, 6) is -6.90. The molecule has 0 aromatic carbocycles. The van der Waals surface area contributed by atoms with Crippen molar-refractivity contribution in [3.05, 3.63) is 11.5 Å². The van der Waals surface area contributed by atoms with Gasteiger partial charge >= 0.3 is 11.8 Å². The number of carbonyl (C=O) groups excluding carboxylic acids is 1. The highest BCUT2D eigenvalue weighted by atomic mass is 19.2. The van der Waals surface area contributed by atoms with Crippen molar-refractivity contribution in [1.82, 2.24) is 0 Å². The van der Waals surface area contributed by atoms with Crippen molar-refractivity contribution in [2.24, 2.45) is 0 Å². The molecule has 0 fully saturated rings. The number of carbonyl (C=O) groups is 1. The van der Waals surface area contributed by atoms with Crippen molar-refractivity contribution in [3.8, 4) is 0 Å². The molecule has 12 heavy (non-hydrogen) atoms. The highest BCUT2D eigenvalue weighted by Crippen LogP contribution is 2.34. The van der Waals surface area contributed by atoms with Crippen LogP contribution in [0.15, 0.2) is 11.5 Å². The first kappa shape index (κ1) is 8.79. The van der Waals surface area contributed by atoms with E-state index in [1.54, 1.807) is 0 Å². The zero-order valence-electron chi connectivity index (χ0n) is 6.11. The van der Waals surface area contributed by atoms with E-state index in [1.807, 2.05) is 0 Å². The number of ether oxygens (including phenoxy) is 1. The minimum Gasteiger partial charge on any atom is -0.503 e. The van der Waals surface area contributed by atoms with Crippen LogP contribution in [0.25, 0.3) is 0 Å². The summed E-state index contributed by atoms with van der Waals surface area (Å²) in [6, 6.07) is 0. The molecule has 3 N–H and O–H groups in total. The minimum atomic E-state index is -3.01. The second-order valence-corrected chi connectivity index (χ2v) is 2.41. The number of esters is 1. The van der Waals surface area contributed by atoms with Gasteiger partial charge in [-0.05, 0) is 6.92 Å². The first-order chi connectivity index (χ1) is 5.39. The van der Waals surface area contributed by atoms with Crippen LogP contribution in [0.5, 0.6) is 0 Å². The van der Waals surface area contributed by atoms with E-state index < -0.39 is 29.4 Å². The summed E-state index contributed by atoms with van der Waals surface area (Å²) in [6.07, 6.45) is -1.74. The van der Waals surface area contributed by atoms with Crippen LogP contribution in [0, 0.1) is 0 Å². The Balaban J connectivity index is 3.08. The van der Waals surface area contributed by atoms with Crippen LogP contribution in [-0.4, -0.2) is 33.2 Å². The van der Waals surface area contributed by atoms with Crippen LogP contribution in [0.2, 0.25) is 0 Å². The lowest BCUT2D eigenvalue weighted by Crippen LogP contribution is -2.38. The number of aliphatic hydroxyl groups excluding tert-OH is 3. The molecule has 0 aliphatic carbocycles. The number of halogens is 1. The van der Waals surface area contributed by atoms with Gasteiger partial charge in [-0.2, -0.15) is 4.39 Å². The van der Waals surface area contributed by atoms with Crippen molar-refractivity contribution in [3.63, 3.8) is 0 Å². The van der Waals surface area contributed by atoms with Crippen LogP contribution < -0.4 is 0 Å². The van der Waals surface area contributed by atoms with Gasteiger partial charge in [-0.15, -0.1) is 0 Å². The van der Waals surface area contributed by atoms with Gasteiger partial charge in [-0.1, -0.05) is 0 Å². The van der Waals surface area contributed by atoms with E-state index in [-0.39, 0.29) is 0 Å². The molecule has 0 aromatic heterocycles. The van der Waals surface area contributed by atoms with Gasteiger partial charge in [-0.25, -0.2) is 4.79 Å². The first-order valence-corrected chi connectivity index (χ1v) is 3.12. The Morgan fingerprint density at radius 2 is 2.08 bits per heavy atom. The van der Waals surface area contributed by atoms with Crippen molar-refractivity contribution in [2.75, 3.05) is 0 Å². The van der Waals surface area contributed by atoms with Gasteiger partial charge in [0.05, 0.1) is 0 Å². The third-order valence-corrected chi connectivity index (χ3v) is 1.52. The zero-order chi connectivity index (χ0) is 9.52. The molecule has 0 saturated carbocycles. The maximum absolute atomic E-state index is 13.2. The smallest absolute Gasteiger partial charge is 0.380 e. The summed E-state index contributed by atoms with van der Waals surface area (Å²) in [5, 5.41) is 26.2. The predicted octanol–water partition coefficient (Wildman–Crippen LogP) is -0.0826. The lowest BCUT2D eigenvalue weighted by Gasteiger charge is -2.20. The first-order valence-electron chi connectivity index (χ1n) is 3.12. The number of rotatable bonds is 1. The Morgan fingerprint density at radius 3 is 2.25 bits per heavy atom. The number of alkyl halides is 1. The van der Waals surface area contributed by atoms with E-state index in [1.165, 1.54) is 0 Å². The van der Waals surface area contributed by atoms with Gasteiger partial charge in [0.25, 0.3) is 0 Å². The fourth-order valence-electron chi connectivity index (χ4n) is 0.773. The van der Waals surface area contributed by atoms with Crippen molar-refractivity contribution in [1.29, 1.82) is 0 Å². The molecule has 6 heteroatoms. The average Bonchev–Trinajstić information content (AvgIpc) is 2.17. The maximum Gasteiger partial charge on any atom is 0.380 e. The quantitative estimate of drug-likeness (QED) is 0.489. The lowest BCUT2D eigenvalue weighted by atomic mass is 10.1. The second kappa shape index (κ2) is 2.34. The highest BCUT2D eigenvalue weighted by molar-refractivity contribution is 5.89. The monoisotopic (exact) mass is 178 g/mol. The van der Waals surface area contributed by atoms with Crippen molar-refractivity contribution < 1.29 is 29.2 Å². The molecule has 1 rings (SSSR count). The molecular formula is C6H7FO5. The van der Waals surface area contributed by atoms with Crippen LogP contribution in [-0.2, 0) is 9.53 Å². The Bertz CT molecular complexity index is 259. The molecule has 1 heterocycles. The van der Waals surface area contributed by atoms with Crippen LogP contribution in [0.3, 0.4) is 0 Å². The molecule has 2 atom stereocenters. The summed E-state index contributed by atoms with van der Waals surface area (Å²) in [6.45, 7) is 0.974. The van der Waals surface area contributed by atoms with Gasteiger partial charge in [0.15, 0.2) is 0 Å². The average molecular weight is 178 g/mol. The Morgan fingerprint density at radius 1 is 1.58 bits per heavy atom. The van der Waals surface area contributed by atoms with Gasteiger partial charge in [0, 0.05) is 0 Å². The third-order valence-electron chi connectivity index (χ3n) is 1.52. The predicted molar refractivity (Wildman–Crippen MR) is 33.9 cm³/mol. The summed E-state index contributed by atoms with van der Waals surface area (Å²) < 4.78 is 17.1. The van der Waals surface area contributed by atoms with E-state index in [0.717, 1.165) is 6.92 Å². The van der Waals surface area contributed by atoms with E-state index in [2.05, 4.69) is 4.74 Å². The number of aliphatic hydroxyl groups is 3. The Hall–Kier alpha value is -1.30. The van der Waals surface area contributed by atoms with Crippen molar-refractivity contribution in [2.45, 2.75) is 18.9 Å². The fourth-order valence-corrected chi connectivity index (χ4v) is 0.773. The van der Waals surface area contributed by atoms with Crippen LogP contribution in [0.4, 0.5) is 4.39 Å². The number of hydrogen-bond acceptors (Lipinski definition) is 5. The molecule has 0 amide bonds. The van der Waals surface area contributed by atoms with Gasteiger partial charge in [0.2, 0.25) is 11.5 Å². The standard InChI is InChI=1S/C6H7FO5/c1-2(8)6(7)4(10)3(9)5(11)12-6/h2,8-10H,1H3/t2-,6+/m0/s1. The van der Waals surface area contributed by atoms with E-state index in [4.69, 9.17) is 15.3 Å². The Kier molecular flexibility index (Phi) is 1.72. The summed E-state index contributed by atoms with van der Waals surface area (Å²) in [7, 11) is 0. The SMILES string of the molecule is C[C@H](O)[C@@]1(F)OC(=O)C(O)=C1O. The largest absolute Gasteiger partial charge is 0.503 e. The van der Waals surface area contributed by atoms with E-state index >= 15 is 0 Å². The van der Waals surface area contributed by atoms with E-state index in [0.29, 0.717) is 0 Å². The van der Waals surface area contributed by atoms with Crippen LogP contribution >= 0.6 is 0 Å². The second-order valence-electron chi connectivity index (χ2n) is 2.41. The fraction of sp³-hybridized carbons (Fsp3) is 0.500. The minimum absolute atomic E-state index is 0.974. The lowest BCUT2D eigenvalue weighted by molar-refractivity contribution is -0.190. The summed E-state index contributed by atoms with van der Waals surface area (Å²) >= 11 is 0. The molecule has 0 bridgehead atoms. The molecule has 5 nitrogen and oxygen atoms in total. The summed E-state index contributed by atoms with van der Waals surface area (Å²) in [5.41, 5.74) is 0. The normalized spacial score (nSPS) is 32.1. The van der Waals surface area contributed by atoms with Gasteiger partial charge in [-0.3, -0.25) is 0 Å². The van der Waals surface area contributed by atoms with Gasteiger partial charge < -0.3 is 20.1 Å². The molecule has 0 saturated heterocycles. The van der Waals surface area contributed by atoms with E-state index in [9.17, 15) is 9.18 Å². The molecule has 0 aromatic rings. The third kappa shape index (κ3) is 0.918. The maximum atomic E-state index is 13.2. The highest BCUT2D eigenvalue weighted by Gasteiger charge is 2.53. The molecular weight excluding hydrogens is 171 g/mol. The van der Waals surface area contributed by atoms with Crippen molar-refractivity contribution >= 4 is 5.97 Å². The number of cyclic esters (lactones) is 1. The molecule has 0 spiro atoms. The molecule has 0 unspecified atom stereocenters.